The Morgan fingerprint density at radius 2 is 2.30 bits per heavy atom. The zero-order valence-corrected chi connectivity index (χ0v) is 12.7. The Labute approximate surface area is 126 Å². The monoisotopic (exact) mass is 336 g/mol. The molecule has 6 heteroatoms. The van der Waals surface area contributed by atoms with Crippen LogP contribution in [0.1, 0.15) is 30.1 Å². The van der Waals surface area contributed by atoms with Crippen molar-refractivity contribution in [3.05, 3.63) is 40.3 Å². The summed E-state index contributed by atoms with van der Waals surface area (Å²) in [6, 6.07) is 4.20. The van der Waals surface area contributed by atoms with Gasteiger partial charge in [0.25, 0.3) is 0 Å². The zero-order valence-electron chi connectivity index (χ0n) is 11.1. The van der Waals surface area contributed by atoms with Crippen molar-refractivity contribution in [3.8, 4) is 0 Å². The van der Waals surface area contributed by atoms with Crippen molar-refractivity contribution in [2.24, 2.45) is 0 Å². The molecule has 2 aromatic rings. The van der Waals surface area contributed by atoms with Gasteiger partial charge in [-0.1, -0.05) is 0 Å². The molecule has 1 unspecified atom stereocenters. The van der Waals surface area contributed by atoms with Crippen LogP contribution in [0.15, 0.2) is 29.0 Å². The van der Waals surface area contributed by atoms with Crippen LogP contribution in [0.5, 0.6) is 0 Å². The first kappa shape index (κ1) is 13.6. The van der Waals surface area contributed by atoms with Crippen LogP contribution in [-0.2, 0) is 13.0 Å². The molecule has 0 bridgehead atoms. The number of aliphatic hydroxyl groups excluding tert-OH is 1. The van der Waals surface area contributed by atoms with Gasteiger partial charge in [-0.15, -0.1) is 0 Å². The smallest absolute Gasteiger partial charge is 0.126 e. The first-order valence-electron chi connectivity index (χ1n) is 6.81. The highest BCUT2D eigenvalue weighted by Crippen LogP contribution is 2.32. The minimum Gasteiger partial charge on any atom is -0.394 e. The first-order valence-corrected chi connectivity index (χ1v) is 7.61. The molecular weight excluding hydrogens is 320 g/mol. The second-order valence-corrected chi connectivity index (χ2v) is 5.86. The highest BCUT2D eigenvalue weighted by atomic mass is 79.9. The van der Waals surface area contributed by atoms with Crippen molar-refractivity contribution in [3.63, 3.8) is 0 Å². The van der Waals surface area contributed by atoms with Crippen LogP contribution < -0.4 is 5.32 Å². The van der Waals surface area contributed by atoms with Gasteiger partial charge in [0, 0.05) is 21.9 Å². The number of nitrogens with one attached hydrogen (secondary N) is 1. The summed E-state index contributed by atoms with van der Waals surface area (Å²) in [7, 11) is 0. The van der Waals surface area contributed by atoms with Crippen molar-refractivity contribution in [1.29, 1.82) is 0 Å². The topological polar surface area (TPSA) is 63.0 Å². The number of pyridine rings is 1. The number of halogens is 1. The summed E-state index contributed by atoms with van der Waals surface area (Å²) in [5, 5.41) is 16.9. The van der Waals surface area contributed by atoms with Gasteiger partial charge in [0.1, 0.15) is 5.82 Å². The number of aromatic nitrogens is 3. The highest BCUT2D eigenvalue weighted by Gasteiger charge is 2.24. The van der Waals surface area contributed by atoms with E-state index < -0.39 is 0 Å². The van der Waals surface area contributed by atoms with Crippen LogP contribution in [0.4, 0.5) is 5.82 Å². The summed E-state index contributed by atoms with van der Waals surface area (Å²) in [5.41, 5.74) is 2.47. The second-order valence-electron chi connectivity index (χ2n) is 4.94. The molecule has 0 aliphatic heterocycles. The minimum atomic E-state index is 0.125. The Bertz CT molecular complexity index is 581. The number of hydrogen-bond donors (Lipinski definition) is 2. The van der Waals surface area contributed by atoms with Crippen LogP contribution in [0.3, 0.4) is 0 Å². The third-order valence-electron chi connectivity index (χ3n) is 3.62. The van der Waals surface area contributed by atoms with Crippen molar-refractivity contribution >= 4 is 21.7 Å². The molecule has 0 amide bonds. The number of nitrogens with zero attached hydrogens (tertiary/aromatic N) is 3. The lowest BCUT2D eigenvalue weighted by molar-refractivity contribution is 0.266. The van der Waals surface area contributed by atoms with Gasteiger partial charge in [0.2, 0.25) is 0 Å². The maximum atomic E-state index is 9.08. The normalized spacial score (nSPS) is 17.8. The number of fused-ring (bicyclic) bond motifs is 1. The zero-order chi connectivity index (χ0) is 13.9. The van der Waals surface area contributed by atoms with Crippen molar-refractivity contribution in [2.75, 3.05) is 11.9 Å². The standard InChI is InChI=1S/C14H17BrN4O/c15-10-4-5-14(16-8-10)18-12-2-1-3-13-11(12)9-17-19(13)6-7-20/h4-5,8-9,12,20H,1-3,6-7H2,(H,16,18). The van der Waals surface area contributed by atoms with E-state index in [0.717, 1.165) is 29.6 Å². The van der Waals surface area contributed by atoms with Gasteiger partial charge < -0.3 is 10.4 Å². The number of anilines is 1. The summed E-state index contributed by atoms with van der Waals surface area (Å²) in [4.78, 5) is 4.36. The Morgan fingerprint density at radius 1 is 1.40 bits per heavy atom. The van der Waals surface area contributed by atoms with Crippen LogP contribution in [-0.4, -0.2) is 26.5 Å². The number of hydrogen-bond acceptors (Lipinski definition) is 4. The summed E-state index contributed by atoms with van der Waals surface area (Å²) in [6.45, 7) is 0.694. The molecule has 106 valence electrons. The van der Waals surface area contributed by atoms with E-state index in [0.29, 0.717) is 6.54 Å². The van der Waals surface area contributed by atoms with E-state index in [1.165, 1.54) is 11.3 Å². The van der Waals surface area contributed by atoms with E-state index in [2.05, 4.69) is 31.3 Å². The quantitative estimate of drug-likeness (QED) is 0.900. The van der Waals surface area contributed by atoms with Gasteiger partial charge in [-0.25, -0.2) is 4.98 Å². The Kier molecular flexibility index (Phi) is 4.03. The molecule has 2 N–H and O–H groups in total. The van der Waals surface area contributed by atoms with Gasteiger partial charge in [0.05, 0.1) is 25.4 Å². The molecule has 1 aliphatic rings. The summed E-state index contributed by atoms with van der Waals surface area (Å²) in [6.07, 6.45) is 6.94. The molecule has 2 aromatic heterocycles. The van der Waals surface area contributed by atoms with Crippen molar-refractivity contribution in [1.82, 2.24) is 14.8 Å². The van der Waals surface area contributed by atoms with E-state index in [1.807, 2.05) is 23.0 Å². The summed E-state index contributed by atoms with van der Waals surface area (Å²) >= 11 is 3.39. The van der Waals surface area contributed by atoms with E-state index in [9.17, 15) is 0 Å². The van der Waals surface area contributed by atoms with E-state index >= 15 is 0 Å². The molecular formula is C14H17BrN4O. The highest BCUT2D eigenvalue weighted by molar-refractivity contribution is 9.10. The SMILES string of the molecule is OCCn1ncc2c1CCCC2Nc1ccc(Br)cn1. The third-order valence-corrected chi connectivity index (χ3v) is 4.09. The molecule has 0 aromatic carbocycles. The maximum absolute atomic E-state index is 9.08. The molecule has 2 heterocycles. The molecule has 0 fully saturated rings. The second kappa shape index (κ2) is 5.93. The van der Waals surface area contributed by atoms with E-state index in [-0.39, 0.29) is 12.6 Å². The van der Waals surface area contributed by atoms with Gasteiger partial charge >= 0.3 is 0 Å². The van der Waals surface area contributed by atoms with Crippen molar-refractivity contribution in [2.45, 2.75) is 31.8 Å². The fraction of sp³-hybridized carbons (Fsp3) is 0.429. The molecule has 3 rings (SSSR count). The van der Waals surface area contributed by atoms with Crippen molar-refractivity contribution < 1.29 is 5.11 Å². The van der Waals surface area contributed by atoms with Crippen LogP contribution in [0.2, 0.25) is 0 Å². The molecule has 1 atom stereocenters. The molecule has 0 spiro atoms. The molecule has 0 saturated heterocycles. The lowest BCUT2D eigenvalue weighted by atomic mass is 9.93. The maximum Gasteiger partial charge on any atom is 0.126 e. The fourth-order valence-corrected chi connectivity index (χ4v) is 2.93. The third kappa shape index (κ3) is 2.71. The lowest BCUT2D eigenvalue weighted by Crippen LogP contribution is -2.19. The van der Waals surface area contributed by atoms with Gasteiger partial charge in [-0.2, -0.15) is 5.10 Å². The van der Waals surface area contributed by atoms with Crippen LogP contribution in [0.25, 0.3) is 0 Å². The molecule has 5 nitrogen and oxygen atoms in total. The average molecular weight is 337 g/mol. The fourth-order valence-electron chi connectivity index (χ4n) is 2.70. The number of aliphatic hydroxyl groups is 1. The number of rotatable bonds is 4. The van der Waals surface area contributed by atoms with Crippen LogP contribution in [0, 0.1) is 0 Å². The average Bonchev–Trinajstić information content (AvgIpc) is 2.86. The van der Waals surface area contributed by atoms with E-state index in [1.54, 1.807) is 6.20 Å². The van der Waals surface area contributed by atoms with Crippen LogP contribution >= 0.6 is 15.9 Å². The van der Waals surface area contributed by atoms with Gasteiger partial charge in [-0.3, -0.25) is 4.68 Å². The minimum absolute atomic E-state index is 0.125. The Hall–Kier alpha value is -1.40. The largest absolute Gasteiger partial charge is 0.394 e. The van der Waals surface area contributed by atoms with E-state index in [4.69, 9.17) is 5.11 Å². The molecule has 0 saturated carbocycles. The summed E-state index contributed by atoms with van der Waals surface area (Å²) in [5.74, 6) is 0.876. The van der Waals surface area contributed by atoms with Gasteiger partial charge in [0.15, 0.2) is 0 Å². The molecule has 20 heavy (non-hydrogen) atoms. The predicted octanol–water partition coefficient (Wildman–Crippen LogP) is 2.52. The Balaban J connectivity index is 1.81. The predicted molar refractivity (Wildman–Crippen MR) is 80.6 cm³/mol. The lowest BCUT2D eigenvalue weighted by Gasteiger charge is -2.24. The summed E-state index contributed by atoms with van der Waals surface area (Å²) < 4.78 is 2.89. The molecule has 0 radical (unpaired) electrons. The van der Waals surface area contributed by atoms with Gasteiger partial charge in [-0.05, 0) is 47.3 Å². The Morgan fingerprint density at radius 3 is 3.05 bits per heavy atom. The first-order chi connectivity index (χ1) is 9.78. The molecule has 1 aliphatic carbocycles.